The summed E-state index contributed by atoms with van der Waals surface area (Å²) in [7, 11) is 0. The van der Waals surface area contributed by atoms with Crippen molar-refractivity contribution in [3.63, 3.8) is 0 Å². The quantitative estimate of drug-likeness (QED) is 0.0384. The Morgan fingerprint density at radius 3 is 0.922 bits per heavy atom. The van der Waals surface area contributed by atoms with E-state index >= 15 is 0 Å². The van der Waals surface area contributed by atoms with Crippen LogP contribution >= 0.6 is 0 Å². The van der Waals surface area contributed by atoms with E-state index in [1.165, 1.54) is 69.2 Å². The van der Waals surface area contributed by atoms with Crippen LogP contribution in [0.2, 0.25) is 0 Å². The van der Waals surface area contributed by atoms with Gasteiger partial charge < -0.3 is 48.8 Å². The van der Waals surface area contributed by atoms with Crippen molar-refractivity contribution >= 4 is 35.8 Å². The van der Waals surface area contributed by atoms with E-state index in [9.17, 15) is 128 Å². The van der Waals surface area contributed by atoms with Crippen molar-refractivity contribution in [2.24, 2.45) is 23.7 Å². The van der Waals surface area contributed by atoms with Gasteiger partial charge in [0.25, 0.3) is 0 Å². The van der Waals surface area contributed by atoms with Crippen LogP contribution in [0.25, 0.3) is 0 Å². The number of ether oxygens (including phenoxy) is 6. The fourth-order valence-electron chi connectivity index (χ4n) is 10.5. The first kappa shape index (κ1) is 99.2. The molecule has 0 aromatic heterocycles. The van der Waals surface area contributed by atoms with Gasteiger partial charge in [0.2, 0.25) is 5.60 Å². The highest BCUT2D eigenvalue weighted by atomic mass is 19.4. The van der Waals surface area contributed by atoms with Crippen molar-refractivity contribution in [3.8, 4) is 0 Å². The van der Waals surface area contributed by atoms with Gasteiger partial charge in [-0.15, -0.1) is 0 Å². The van der Waals surface area contributed by atoms with E-state index in [0.717, 1.165) is 13.8 Å². The van der Waals surface area contributed by atoms with E-state index in [0.29, 0.717) is 33.6 Å². The Labute approximate surface area is 589 Å². The third-order valence-electron chi connectivity index (χ3n) is 18.2. The molecule has 0 radical (unpaired) electrons. The summed E-state index contributed by atoms with van der Waals surface area (Å²) in [5, 5.41) is 38.0. The van der Waals surface area contributed by atoms with Crippen molar-refractivity contribution in [1.82, 2.24) is 0 Å². The van der Waals surface area contributed by atoms with Gasteiger partial charge in [0.05, 0.1) is 5.92 Å². The Hall–Kier alpha value is -5.90. The lowest BCUT2D eigenvalue weighted by molar-refractivity contribution is -0.287. The second-order valence-electron chi connectivity index (χ2n) is 29.6. The molecule has 16 nitrogen and oxygen atoms in total. The highest BCUT2D eigenvalue weighted by molar-refractivity contribution is 5.90. The average molecular weight is 1530 g/mol. The van der Waals surface area contributed by atoms with E-state index in [2.05, 4.69) is 32.9 Å². The summed E-state index contributed by atoms with van der Waals surface area (Å²) in [4.78, 5) is 69.0. The van der Waals surface area contributed by atoms with Crippen molar-refractivity contribution in [2.75, 3.05) is 0 Å². The van der Waals surface area contributed by atoms with Gasteiger partial charge in [-0.3, -0.25) is 4.79 Å². The summed E-state index contributed by atoms with van der Waals surface area (Å²) in [5.41, 5.74) is -20.7. The minimum atomic E-state index is -4.93. The molecule has 0 aromatic rings. The first-order valence-electron chi connectivity index (χ1n) is 32.3. The minimum Gasteiger partial charge on any atom is -0.456 e. The number of halogens is 18. The van der Waals surface area contributed by atoms with Crippen LogP contribution in [-0.4, -0.2) is 149 Å². The molecule has 0 spiro atoms. The molecule has 3 fully saturated rings. The molecule has 0 amide bonds. The maximum absolute atomic E-state index is 13.6. The SMILES string of the molecule is C=C(C(=O)OC1(C)CCC(C(C)(O)C(F)(F)F)CC1)C(F)(F)F.C=C(C)C(=O)OC(C)(C)CC(C)(O)C(F)(F)F.C=C(C)C(=O)OC(C)(CC)CC(C)(O)C(F)(F)F.C=C(C)C(=O)OC1(C)CCC(C(C)(O)C(F)(F)F)CC1.C=C(C)C(=O)OC1(C)CCC(C(C)(OC(=O)C(C)C)C(F)(F)F)CC1. The molecule has 3 rings (SSSR count). The Balaban J connectivity index is 0. The van der Waals surface area contributed by atoms with Crippen molar-refractivity contribution in [2.45, 2.75) is 314 Å². The van der Waals surface area contributed by atoms with Gasteiger partial charge in [-0.05, 0) is 199 Å². The Bertz CT molecular complexity index is 2940. The summed E-state index contributed by atoms with van der Waals surface area (Å²) in [6.45, 7) is 39.1. The predicted molar refractivity (Wildman–Crippen MR) is 340 cm³/mol. The van der Waals surface area contributed by atoms with Crippen LogP contribution in [0, 0.1) is 23.7 Å². The van der Waals surface area contributed by atoms with Crippen LogP contribution in [0.3, 0.4) is 0 Å². The fourth-order valence-corrected chi connectivity index (χ4v) is 10.5. The topological polar surface area (TPSA) is 239 Å². The number of rotatable bonds is 20. The lowest BCUT2D eigenvalue weighted by Crippen LogP contribution is -2.54. The molecular weight excluding hydrogens is 1430 g/mol. The molecule has 0 bridgehead atoms. The van der Waals surface area contributed by atoms with Crippen LogP contribution in [0.5, 0.6) is 0 Å². The minimum absolute atomic E-state index is 0.0826. The van der Waals surface area contributed by atoms with Gasteiger partial charge in [0.15, 0.2) is 22.4 Å². The number of hydrogen-bond acceptors (Lipinski definition) is 16. The number of esters is 6. The molecule has 3 aliphatic carbocycles. The van der Waals surface area contributed by atoms with E-state index in [-0.39, 0.29) is 92.9 Å². The Morgan fingerprint density at radius 2 is 0.680 bits per heavy atom. The molecule has 6 unspecified atom stereocenters. The van der Waals surface area contributed by atoms with Crippen LogP contribution < -0.4 is 0 Å². The van der Waals surface area contributed by atoms with Gasteiger partial charge in [-0.1, -0.05) is 53.7 Å². The van der Waals surface area contributed by atoms with Gasteiger partial charge >= 0.3 is 72.9 Å². The summed E-state index contributed by atoms with van der Waals surface area (Å²) in [5.74, 6) is -8.66. The molecule has 3 saturated carbocycles. The second kappa shape index (κ2) is 35.7. The lowest BCUT2D eigenvalue weighted by Gasteiger charge is -2.44. The first-order valence-corrected chi connectivity index (χ1v) is 32.3. The molecule has 4 N–H and O–H groups in total. The standard InChI is InChI=1S/C18H27F3O4.C14H18F6O3.C14H21F3O3.C12H19F3O3.C11H17F3O3/c1-11(2)14(22)24-16(5)9-7-13(8-10-16)17(6,18(19,20)21)25-15(23)12(3)4;1-8(13(15,16)17)10(21)23-11(2)6-4-9(5-7-11)12(3,22)14(18,19)20;1-9(2)11(18)20-12(3)7-5-10(6-8-12)13(4,19)14(15,16)17;1-6-10(4,18-9(16)8(2)3)7-11(5,17)12(13,14)15;1-7(2)8(15)17-9(3,4)6-10(5,16)11(12,13)14/h12-13H,1,7-10H2,2-6H3;9,22H,1,4-7H2,2-3H3;10,19H,1,5-8H2,2-4H3;17H,2,6-7H2,1,3-5H3;16H,1,6H2,2-5H3. The molecule has 0 aromatic carbocycles. The molecule has 6 atom stereocenters. The summed E-state index contributed by atoms with van der Waals surface area (Å²) in [6.07, 6.45) is -28.7. The third kappa shape index (κ3) is 30.1. The average Bonchev–Trinajstić information content (AvgIpc) is 0.781. The van der Waals surface area contributed by atoms with Crippen molar-refractivity contribution in [1.29, 1.82) is 0 Å². The van der Waals surface area contributed by atoms with E-state index in [1.54, 1.807) is 20.8 Å². The molecule has 600 valence electrons. The van der Waals surface area contributed by atoms with E-state index in [1.807, 2.05) is 0 Å². The number of alkyl halides is 18. The zero-order chi connectivity index (χ0) is 82.5. The molecule has 3 aliphatic rings. The van der Waals surface area contributed by atoms with Gasteiger partial charge in [0, 0.05) is 41.1 Å². The van der Waals surface area contributed by atoms with Crippen molar-refractivity contribution in [3.05, 3.63) is 60.8 Å². The molecule has 34 heteroatoms. The van der Waals surface area contributed by atoms with Gasteiger partial charge in [-0.25, -0.2) is 24.0 Å². The molecule has 103 heavy (non-hydrogen) atoms. The fraction of sp³-hybridized carbons (Fsp3) is 0.768. The lowest BCUT2D eigenvalue weighted by atomic mass is 9.72. The number of carbonyl (C=O) groups excluding carboxylic acids is 6. The van der Waals surface area contributed by atoms with E-state index in [4.69, 9.17) is 28.4 Å². The second-order valence-corrected chi connectivity index (χ2v) is 29.6. The Kier molecular flexibility index (Phi) is 34.3. The number of hydrogen-bond donors (Lipinski definition) is 4. The third-order valence-corrected chi connectivity index (χ3v) is 18.2. The van der Waals surface area contributed by atoms with Crippen molar-refractivity contribution < 1.29 is 157 Å². The predicted octanol–water partition coefficient (Wildman–Crippen LogP) is 17.4. The van der Waals surface area contributed by atoms with E-state index < -0.39 is 171 Å². The first-order chi connectivity index (χ1) is 45.3. The molecule has 0 heterocycles. The van der Waals surface area contributed by atoms with Crippen LogP contribution in [-0.2, 0) is 57.2 Å². The zero-order valence-corrected chi connectivity index (χ0v) is 61.4. The summed E-state index contributed by atoms with van der Waals surface area (Å²) >= 11 is 0. The molecule has 0 saturated heterocycles. The van der Waals surface area contributed by atoms with Gasteiger partial charge in [0.1, 0.15) is 33.6 Å². The summed E-state index contributed by atoms with van der Waals surface area (Å²) in [6, 6.07) is 0. The highest BCUT2D eigenvalue weighted by Crippen LogP contribution is 2.51. The maximum Gasteiger partial charge on any atom is 0.428 e. The normalized spacial score (nSPS) is 24.8. The summed E-state index contributed by atoms with van der Waals surface area (Å²) < 4.78 is 260. The zero-order valence-electron chi connectivity index (χ0n) is 61.4. The smallest absolute Gasteiger partial charge is 0.428 e. The molecule has 0 aliphatic heterocycles. The van der Waals surface area contributed by atoms with Crippen LogP contribution in [0.4, 0.5) is 79.0 Å². The molecular formula is C69H102F18O16. The van der Waals surface area contributed by atoms with Crippen LogP contribution in [0.15, 0.2) is 60.8 Å². The number of carbonyl (C=O) groups is 6. The maximum atomic E-state index is 13.6. The monoisotopic (exact) mass is 1530 g/mol. The Morgan fingerprint density at radius 1 is 0.408 bits per heavy atom. The highest BCUT2D eigenvalue weighted by Gasteiger charge is 2.62. The van der Waals surface area contributed by atoms with Crippen LogP contribution in [0.1, 0.15) is 221 Å². The number of aliphatic hydroxyl groups is 4. The van der Waals surface area contributed by atoms with Gasteiger partial charge in [-0.2, -0.15) is 79.0 Å². The largest absolute Gasteiger partial charge is 0.456 e.